The van der Waals surface area contributed by atoms with E-state index in [1.807, 2.05) is 0 Å². The van der Waals surface area contributed by atoms with E-state index in [9.17, 15) is 9.59 Å². The predicted molar refractivity (Wildman–Crippen MR) is 61.7 cm³/mol. The van der Waals surface area contributed by atoms with Crippen molar-refractivity contribution in [2.24, 2.45) is 0 Å². The summed E-state index contributed by atoms with van der Waals surface area (Å²) in [6.45, 7) is 2.71. The maximum absolute atomic E-state index is 11.8. The molecule has 2 heterocycles. The lowest BCUT2D eigenvalue weighted by Gasteiger charge is -2.21. The standard InChI is InChI=1S/C11H14N2O5/c1-6-4-7(9(12-6)11(15)16)13-10(14)8-5-17-2-3-18-8/h4,8,12H,2-3,5H2,1H3,(H,13,14)(H,15,16). The summed E-state index contributed by atoms with van der Waals surface area (Å²) >= 11 is 0. The first kappa shape index (κ1) is 12.6. The van der Waals surface area contributed by atoms with Gasteiger partial charge < -0.3 is 24.9 Å². The van der Waals surface area contributed by atoms with Crippen molar-refractivity contribution in [1.82, 2.24) is 4.98 Å². The summed E-state index contributed by atoms with van der Waals surface area (Å²) in [7, 11) is 0. The number of anilines is 1. The number of hydrogen-bond acceptors (Lipinski definition) is 4. The number of nitrogens with one attached hydrogen (secondary N) is 2. The summed E-state index contributed by atoms with van der Waals surface area (Å²) in [5.74, 6) is -1.53. The fourth-order valence-electron chi connectivity index (χ4n) is 1.71. The van der Waals surface area contributed by atoms with Gasteiger partial charge >= 0.3 is 5.97 Å². The first-order valence-corrected chi connectivity index (χ1v) is 5.51. The number of aryl methyl sites for hydroxylation is 1. The minimum absolute atomic E-state index is 0.0439. The van der Waals surface area contributed by atoms with Gasteiger partial charge in [-0.3, -0.25) is 4.79 Å². The highest BCUT2D eigenvalue weighted by molar-refractivity contribution is 6.01. The van der Waals surface area contributed by atoms with Crippen molar-refractivity contribution in [3.8, 4) is 0 Å². The van der Waals surface area contributed by atoms with Gasteiger partial charge in [0.1, 0.15) is 5.69 Å². The lowest BCUT2D eigenvalue weighted by Crippen LogP contribution is -2.39. The molecule has 0 spiro atoms. The van der Waals surface area contributed by atoms with Crippen LogP contribution in [0.15, 0.2) is 6.07 Å². The number of hydrogen-bond donors (Lipinski definition) is 3. The number of amides is 1. The number of carboxylic acid groups (broad SMARTS) is 1. The van der Waals surface area contributed by atoms with Crippen molar-refractivity contribution >= 4 is 17.6 Å². The predicted octanol–water partition coefficient (Wildman–Crippen LogP) is 0.375. The topological polar surface area (TPSA) is 101 Å². The summed E-state index contributed by atoms with van der Waals surface area (Å²) in [4.78, 5) is 25.4. The van der Waals surface area contributed by atoms with Gasteiger partial charge in [0, 0.05) is 5.69 Å². The number of ether oxygens (including phenoxy) is 2. The average Bonchev–Trinajstić information content (AvgIpc) is 2.71. The lowest BCUT2D eigenvalue weighted by atomic mass is 10.3. The second kappa shape index (κ2) is 5.19. The van der Waals surface area contributed by atoms with E-state index in [4.69, 9.17) is 14.6 Å². The average molecular weight is 254 g/mol. The van der Waals surface area contributed by atoms with Gasteiger partial charge in [0.25, 0.3) is 5.91 Å². The van der Waals surface area contributed by atoms with E-state index < -0.39 is 18.0 Å². The van der Waals surface area contributed by atoms with Crippen molar-refractivity contribution in [2.45, 2.75) is 13.0 Å². The lowest BCUT2D eigenvalue weighted by molar-refractivity contribution is -0.142. The molecule has 1 aromatic heterocycles. The van der Waals surface area contributed by atoms with E-state index in [2.05, 4.69) is 10.3 Å². The van der Waals surface area contributed by atoms with Gasteiger partial charge in [0.15, 0.2) is 6.10 Å². The molecule has 0 saturated carbocycles. The van der Waals surface area contributed by atoms with Gasteiger partial charge in [-0.1, -0.05) is 0 Å². The minimum atomic E-state index is -1.13. The molecule has 0 radical (unpaired) electrons. The van der Waals surface area contributed by atoms with Crippen molar-refractivity contribution in [3.63, 3.8) is 0 Å². The Bertz CT molecular complexity index is 462. The number of carbonyl (C=O) groups excluding carboxylic acids is 1. The van der Waals surface area contributed by atoms with Crippen LogP contribution in [0.3, 0.4) is 0 Å². The molecule has 0 aromatic carbocycles. The zero-order valence-electron chi connectivity index (χ0n) is 9.86. The van der Waals surface area contributed by atoms with E-state index in [0.717, 1.165) is 0 Å². The molecule has 2 rings (SSSR count). The first-order valence-electron chi connectivity index (χ1n) is 5.51. The summed E-state index contributed by atoms with van der Waals surface area (Å²) in [6, 6.07) is 1.56. The molecule has 1 aliphatic heterocycles. The Morgan fingerprint density at radius 1 is 1.50 bits per heavy atom. The highest BCUT2D eigenvalue weighted by Crippen LogP contribution is 2.17. The van der Waals surface area contributed by atoms with Gasteiger partial charge in [-0.15, -0.1) is 0 Å². The molecule has 1 fully saturated rings. The summed E-state index contributed by atoms with van der Waals surface area (Å²) < 4.78 is 10.3. The fourth-order valence-corrected chi connectivity index (χ4v) is 1.71. The smallest absolute Gasteiger partial charge is 0.354 e. The molecule has 18 heavy (non-hydrogen) atoms. The van der Waals surface area contributed by atoms with Crippen LogP contribution in [-0.2, 0) is 14.3 Å². The minimum Gasteiger partial charge on any atom is -0.477 e. The summed E-state index contributed by atoms with van der Waals surface area (Å²) in [5, 5.41) is 11.5. The Labute approximate surface area is 103 Å². The molecular formula is C11H14N2O5. The van der Waals surface area contributed by atoms with Crippen LogP contribution in [0.25, 0.3) is 0 Å². The molecule has 7 heteroatoms. The second-order valence-electron chi connectivity index (χ2n) is 3.97. The van der Waals surface area contributed by atoms with Crippen molar-refractivity contribution in [1.29, 1.82) is 0 Å². The Hall–Kier alpha value is -1.86. The number of carbonyl (C=O) groups is 2. The number of aromatic carboxylic acids is 1. The molecule has 7 nitrogen and oxygen atoms in total. The van der Waals surface area contributed by atoms with Gasteiger partial charge in [0.2, 0.25) is 0 Å². The molecule has 1 amide bonds. The van der Waals surface area contributed by atoms with Crippen molar-refractivity contribution < 1.29 is 24.2 Å². The highest BCUT2D eigenvalue weighted by Gasteiger charge is 2.24. The highest BCUT2D eigenvalue weighted by atomic mass is 16.6. The van der Waals surface area contributed by atoms with Crippen LogP contribution in [-0.4, -0.2) is 47.9 Å². The number of aromatic amines is 1. The Morgan fingerprint density at radius 2 is 2.28 bits per heavy atom. The summed E-state index contributed by atoms with van der Waals surface area (Å²) in [5.41, 5.74) is 0.847. The zero-order chi connectivity index (χ0) is 13.1. The molecule has 1 unspecified atom stereocenters. The molecule has 0 bridgehead atoms. The van der Waals surface area contributed by atoms with E-state index in [1.54, 1.807) is 13.0 Å². The number of rotatable bonds is 3. The molecule has 98 valence electrons. The monoisotopic (exact) mass is 254 g/mol. The second-order valence-corrected chi connectivity index (χ2v) is 3.97. The van der Waals surface area contributed by atoms with E-state index in [-0.39, 0.29) is 18.0 Å². The zero-order valence-corrected chi connectivity index (χ0v) is 9.86. The van der Waals surface area contributed by atoms with Gasteiger partial charge in [-0.25, -0.2) is 4.79 Å². The maximum atomic E-state index is 11.8. The van der Waals surface area contributed by atoms with E-state index >= 15 is 0 Å². The molecule has 1 aliphatic rings. The molecular weight excluding hydrogens is 240 g/mol. The van der Waals surface area contributed by atoms with Crippen LogP contribution in [0.4, 0.5) is 5.69 Å². The quantitative estimate of drug-likeness (QED) is 0.723. The Morgan fingerprint density at radius 3 is 2.89 bits per heavy atom. The molecule has 1 aromatic rings. The van der Waals surface area contributed by atoms with Crippen molar-refractivity contribution in [2.75, 3.05) is 25.1 Å². The third kappa shape index (κ3) is 2.69. The van der Waals surface area contributed by atoms with Crippen LogP contribution in [0.5, 0.6) is 0 Å². The van der Waals surface area contributed by atoms with Crippen molar-refractivity contribution in [3.05, 3.63) is 17.5 Å². The SMILES string of the molecule is Cc1cc(NC(=O)C2COCCO2)c(C(=O)O)[nH]1. The normalized spacial score (nSPS) is 19.5. The molecule has 3 N–H and O–H groups in total. The van der Waals surface area contributed by atoms with Crippen LogP contribution < -0.4 is 5.32 Å². The van der Waals surface area contributed by atoms with Crippen LogP contribution in [0, 0.1) is 6.92 Å². The van der Waals surface area contributed by atoms with Gasteiger partial charge in [-0.2, -0.15) is 0 Å². The Balaban J connectivity index is 2.08. The number of carboxylic acids is 1. The number of aromatic nitrogens is 1. The van der Waals surface area contributed by atoms with E-state index in [1.165, 1.54) is 0 Å². The van der Waals surface area contributed by atoms with Crippen LogP contribution >= 0.6 is 0 Å². The fraction of sp³-hybridized carbons (Fsp3) is 0.455. The maximum Gasteiger partial charge on any atom is 0.354 e. The van der Waals surface area contributed by atoms with Crippen LogP contribution in [0.1, 0.15) is 16.2 Å². The molecule has 0 aliphatic carbocycles. The summed E-state index contributed by atoms with van der Waals surface area (Å²) in [6.07, 6.45) is -0.699. The number of H-pyrrole nitrogens is 1. The molecule has 1 saturated heterocycles. The largest absolute Gasteiger partial charge is 0.477 e. The molecule has 1 atom stereocenters. The first-order chi connectivity index (χ1) is 8.58. The van der Waals surface area contributed by atoms with Gasteiger partial charge in [-0.05, 0) is 13.0 Å². The third-order valence-electron chi connectivity index (χ3n) is 2.53. The van der Waals surface area contributed by atoms with Gasteiger partial charge in [0.05, 0.1) is 25.5 Å². The van der Waals surface area contributed by atoms with Crippen LogP contribution in [0.2, 0.25) is 0 Å². The third-order valence-corrected chi connectivity index (χ3v) is 2.53. The Kier molecular flexibility index (Phi) is 3.63. The van der Waals surface area contributed by atoms with E-state index in [0.29, 0.717) is 18.9 Å².